The topological polar surface area (TPSA) is 102 Å². The lowest BCUT2D eigenvalue weighted by Crippen LogP contribution is -2.32. The summed E-state index contributed by atoms with van der Waals surface area (Å²) in [7, 11) is 0. The molecule has 3 aromatic carbocycles. The number of carbonyl (C=O) groups is 2. The Morgan fingerprint density at radius 1 is 1.00 bits per heavy atom. The molecule has 4 aromatic rings. The third-order valence-electron chi connectivity index (χ3n) is 6.94. The largest absolute Gasteiger partial charge is 0.493 e. The molecule has 1 aliphatic carbocycles. The number of nitrogens with one attached hydrogen (secondary N) is 1. The van der Waals surface area contributed by atoms with Crippen LogP contribution in [0.3, 0.4) is 0 Å². The molecule has 1 aliphatic rings. The summed E-state index contributed by atoms with van der Waals surface area (Å²) in [5.74, 6) is 0.949. The van der Waals surface area contributed by atoms with Gasteiger partial charge < -0.3 is 19.6 Å². The standard InChI is InChI=1S/C34H32N2O5/c1-23-29(36-33(41-23)26-12-6-3-7-13-26)20-21-40-27-18-16-24(17-19-27)22-31(34(38)39)35-30-15-9-8-14-28(30)32(37)25-10-4-2-5-11-25/h2,4-6,8-19,31,35H,3,7,20-22H2,1H3,(H,38,39)/t31-/m0/s1. The summed E-state index contributed by atoms with van der Waals surface area (Å²) in [4.78, 5) is 29.9. The number of carbonyl (C=O) groups excluding carboxylic acids is 1. The van der Waals surface area contributed by atoms with E-state index >= 15 is 0 Å². The summed E-state index contributed by atoms with van der Waals surface area (Å²) in [6.45, 7) is 2.35. The van der Waals surface area contributed by atoms with Crippen LogP contribution in [0, 0.1) is 6.92 Å². The van der Waals surface area contributed by atoms with Gasteiger partial charge in [-0.25, -0.2) is 9.78 Å². The molecule has 2 N–H and O–H groups in total. The van der Waals surface area contributed by atoms with E-state index in [4.69, 9.17) is 9.15 Å². The maximum atomic E-state index is 13.1. The number of allylic oxidation sites excluding steroid dienone is 4. The summed E-state index contributed by atoms with van der Waals surface area (Å²) < 4.78 is 11.8. The number of carboxylic acid groups (broad SMARTS) is 1. The molecule has 0 amide bonds. The van der Waals surface area contributed by atoms with Crippen LogP contribution in [0.5, 0.6) is 5.75 Å². The first-order valence-electron chi connectivity index (χ1n) is 13.7. The molecule has 208 valence electrons. The van der Waals surface area contributed by atoms with E-state index in [0.717, 1.165) is 35.4 Å². The van der Waals surface area contributed by atoms with Crippen LogP contribution in [-0.4, -0.2) is 34.5 Å². The molecule has 0 bridgehead atoms. The molecule has 0 saturated carbocycles. The smallest absolute Gasteiger partial charge is 0.326 e. The average molecular weight is 549 g/mol. The summed E-state index contributed by atoms with van der Waals surface area (Å²) in [6.07, 6.45) is 9.19. The molecule has 0 saturated heterocycles. The molecule has 0 fully saturated rings. The van der Waals surface area contributed by atoms with Crippen LogP contribution in [0.2, 0.25) is 0 Å². The lowest BCUT2D eigenvalue weighted by molar-refractivity contribution is -0.137. The van der Waals surface area contributed by atoms with Crippen LogP contribution in [0.1, 0.15) is 51.7 Å². The Morgan fingerprint density at radius 3 is 2.49 bits per heavy atom. The lowest BCUT2D eigenvalue weighted by atomic mass is 10.00. The quantitative estimate of drug-likeness (QED) is 0.191. The first kappa shape index (κ1) is 27.6. The van der Waals surface area contributed by atoms with Crippen LogP contribution < -0.4 is 10.1 Å². The predicted molar refractivity (Wildman–Crippen MR) is 158 cm³/mol. The fraction of sp³-hybridized carbons (Fsp3) is 0.206. The van der Waals surface area contributed by atoms with Gasteiger partial charge in [0, 0.05) is 35.2 Å². The zero-order valence-electron chi connectivity index (χ0n) is 22.9. The van der Waals surface area contributed by atoms with Crippen molar-refractivity contribution in [2.24, 2.45) is 0 Å². The first-order chi connectivity index (χ1) is 20.0. The molecular formula is C34H32N2O5. The summed E-state index contributed by atoms with van der Waals surface area (Å²) in [6, 6.07) is 22.4. The van der Waals surface area contributed by atoms with Gasteiger partial charge in [-0.15, -0.1) is 0 Å². The number of carboxylic acids is 1. The van der Waals surface area contributed by atoms with Gasteiger partial charge in [-0.3, -0.25) is 4.79 Å². The zero-order chi connectivity index (χ0) is 28.6. The molecule has 0 unspecified atom stereocenters. The average Bonchev–Trinajstić information content (AvgIpc) is 3.38. The number of hydrogen-bond donors (Lipinski definition) is 2. The first-order valence-corrected chi connectivity index (χ1v) is 13.7. The third kappa shape index (κ3) is 7.00. The molecule has 0 aliphatic heterocycles. The number of benzene rings is 3. The van der Waals surface area contributed by atoms with Gasteiger partial charge in [0.2, 0.25) is 5.89 Å². The number of ether oxygens (including phenoxy) is 1. The SMILES string of the molecule is Cc1oc(C2=CCCC=C2)nc1CCOc1ccc(C[C@H](Nc2ccccc2C(=O)c2ccccc2)C(=O)O)cc1. The van der Waals surface area contributed by atoms with Gasteiger partial charge in [-0.2, -0.15) is 0 Å². The molecule has 1 heterocycles. The van der Waals surface area contributed by atoms with E-state index in [-0.39, 0.29) is 12.2 Å². The maximum Gasteiger partial charge on any atom is 0.326 e. The van der Waals surface area contributed by atoms with Gasteiger partial charge in [-0.05, 0) is 49.6 Å². The summed E-state index contributed by atoms with van der Waals surface area (Å²) >= 11 is 0. The predicted octanol–water partition coefficient (Wildman–Crippen LogP) is 6.68. The van der Waals surface area contributed by atoms with Crippen molar-refractivity contribution in [2.45, 2.75) is 38.6 Å². The van der Waals surface area contributed by atoms with Crippen LogP contribution >= 0.6 is 0 Å². The van der Waals surface area contributed by atoms with E-state index in [1.807, 2.05) is 43.3 Å². The number of ketones is 1. The minimum absolute atomic E-state index is 0.167. The molecule has 7 nitrogen and oxygen atoms in total. The van der Waals surface area contributed by atoms with Crippen LogP contribution in [0.4, 0.5) is 5.69 Å². The van der Waals surface area contributed by atoms with Crippen molar-refractivity contribution in [2.75, 3.05) is 11.9 Å². The number of aliphatic carboxylic acids is 1. The van der Waals surface area contributed by atoms with Crippen molar-refractivity contribution in [3.05, 3.63) is 131 Å². The number of oxazole rings is 1. The fourth-order valence-corrected chi connectivity index (χ4v) is 4.72. The highest BCUT2D eigenvalue weighted by Crippen LogP contribution is 2.24. The van der Waals surface area contributed by atoms with Crippen molar-refractivity contribution < 1.29 is 23.8 Å². The van der Waals surface area contributed by atoms with E-state index in [0.29, 0.717) is 41.5 Å². The molecule has 1 atom stereocenters. The van der Waals surface area contributed by atoms with Crippen LogP contribution in [0.25, 0.3) is 5.57 Å². The van der Waals surface area contributed by atoms with E-state index < -0.39 is 12.0 Å². The van der Waals surface area contributed by atoms with Crippen LogP contribution in [-0.2, 0) is 17.6 Å². The molecular weight excluding hydrogens is 516 g/mol. The fourth-order valence-electron chi connectivity index (χ4n) is 4.72. The Kier molecular flexibility index (Phi) is 8.74. The number of hydrogen-bond acceptors (Lipinski definition) is 6. The monoisotopic (exact) mass is 548 g/mol. The molecule has 0 spiro atoms. The maximum absolute atomic E-state index is 13.1. The minimum atomic E-state index is -1.01. The minimum Gasteiger partial charge on any atom is -0.493 e. The number of anilines is 1. The van der Waals surface area contributed by atoms with Crippen molar-refractivity contribution in [1.29, 1.82) is 0 Å². The second kappa shape index (κ2) is 13.0. The molecule has 1 aromatic heterocycles. The molecule has 7 heteroatoms. The molecule has 5 rings (SSSR count). The number of nitrogens with zero attached hydrogens (tertiary/aromatic N) is 1. The second-order valence-corrected chi connectivity index (χ2v) is 9.88. The number of para-hydroxylation sites is 1. The highest BCUT2D eigenvalue weighted by atomic mass is 16.5. The number of rotatable bonds is 12. The highest BCUT2D eigenvalue weighted by molar-refractivity contribution is 6.12. The Labute approximate surface area is 239 Å². The Bertz CT molecular complexity index is 1570. The van der Waals surface area contributed by atoms with Gasteiger partial charge >= 0.3 is 5.97 Å². The van der Waals surface area contributed by atoms with Gasteiger partial charge in [-0.1, -0.05) is 72.8 Å². The van der Waals surface area contributed by atoms with Gasteiger partial charge in [0.25, 0.3) is 0 Å². The lowest BCUT2D eigenvalue weighted by Gasteiger charge is -2.18. The van der Waals surface area contributed by atoms with Crippen molar-refractivity contribution in [3.8, 4) is 5.75 Å². The van der Waals surface area contributed by atoms with E-state index in [9.17, 15) is 14.7 Å². The van der Waals surface area contributed by atoms with E-state index in [1.54, 1.807) is 48.5 Å². The Hall–Kier alpha value is -4.91. The summed E-state index contributed by atoms with van der Waals surface area (Å²) in [5.41, 5.74) is 4.17. The van der Waals surface area contributed by atoms with Gasteiger partial charge in [0.15, 0.2) is 5.78 Å². The van der Waals surface area contributed by atoms with Crippen molar-refractivity contribution >= 4 is 23.0 Å². The molecule has 0 radical (unpaired) electrons. The normalized spacial score (nSPS) is 13.3. The Balaban J connectivity index is 1.19. The van der Waals surface area contributed by atoms with E-state index in [1.165, 1.54) is 0 Å². The van der Waals surface area contributed by atoms with Crippen molar-refractivity contribution in [3.63, 3.8) is 0 Å². The second-order valence-electron chi connectivity index (χ2n) is 9.88. The number of aryl methyl sites for hydroxylation is 1. The van der Waals surface area contributed by atoms with Crippen LogP contribution in [0.15, 0.2) is 102 Å². The van der Waals surface area contributed by atoms with Crippen molar-refractivity contribution in [1.82, 2.24) is 4.98 Å². The Morgan fingerprint density at radius 2 is 1.76 bits per heavy atom. The van der Waals surface area contributed by atoms with Gasteiger partial charge in [0.05, 0.1) is 12.3 Å². The van der Waals surface area contributed by atoms with Gasteiger partial charge in [0.1, 0.15) is 17.6 Å². The third-order valence-corrected chi connectivity index (χ3v) is 6.94. The zero-order valence-corrected chi connectivity index (χ0v) is 22.9. The van der Waals surface area contributed by atoms with E-state index in [2.05, 4.69) is 22.5 Å². The summed E-state index contributed by atoms with van der Waals surface area (Å²) in [5, 5.41) is 13.0. The molecule has 41 heavy (non-hydrogen) atoms. The number of aromatic nitrogens is 1. The highest BCUT2D eigenvalue weighted by Gasteiger charge is 2.21.